The highest BCUT2D eigenvalue weighted by atomic mass is 15.1. The largest absolute Gasteiger partial charge is 0.316 e. The van der Waals surface area contributed by atoms with Gasteiger partial charge >= 0.3 is 0 Å². The molecule has 0 saturated carbocycles. The predicted molar refractivity (Wildman–Crippen MR) is 76.3 cm³/mol. The van der Waals surface area contributed by atoms with Crippen molar-refractivity contribution in [1.82, 2.24) is 10.2 Å². The van der Waals surface area contributed by atoms with Crippen molar-refractivity contribution in [3.63, 3.8) is 0 Å². The van der Waals surface area contributed by atoms with E-state index in [0.29, 0.717) is 0 Å². The van der Waals surface area contributed by atoms with Gasteiger partial charge in [-0.2, -0.15) is 5.26 Å². The van der Waals surface area contributed by atoms with Crippen LogP contribution in [0.25, 0.3) is 0 Å². The summed E-state index contributed by atoms with van der Waals surface area (Å²) in [4.78, 5) is 2.46. The topological polar surface area (TPSA) is 39.1 Å². The average molecular weight is 251 g/mol. The zero-order valence-corrected chi connectivity index (χ0v) is 12.3. The standard InChI is InChI=1S/C15H29N3/c1-15(2,13-16)8-4-5-10-18(3)12-14-7-6-9-17-11-14/h14,17H,4-12H2,1-3H3. The Labute approximate surface area is 113 Å². The molecule has 1 heterocycles. The lowest BCUT2D eigenvalue weighted by Gasteiger charge is -2.27. The molecule has 0 spiro atoms. The molecule has 1 fully saturated rings. The second-order valence-electron chi connectivity index (χ2n) is 6.43. The number of nitrogens with one attached hydrogen (secondary N) is 1. The Balaban J connectivity index is 2.06. The molecule has 0 aromatic heterocycles. The van der Waals surface area contributed by atoms with Crippen molar-refractivity contribution in [1.29, 1.82) is 5.26 Å². The molecule has 0 aromatic rings. The summed E-state index contributed by atoms with van der Waals surface area (Å²) in [5.74, 6) is 0.833. The maximum Gasteiger partial charge on any atom is 0.0683 e. The Bertz CT molecular complexity index is 261. The minimum atomic E-state index is -0.147. The second kappa shape index (κ2) is 7.76. The maximum atomic E-state index is 8.95. The van der Waals surface area contributed by atoms with Crippen molar-refractivity contribution in [2.75, 3.05) is 33.2 Å². The van der Waals surface area contributed by atoms with Gasteiger partial charge in [0.1, 0.15) is 0 Å². The lowest BCUT2D eigenvalue weighted by molar-refractivity contribution is 0.237. The van der Waals surface area contributed by atoms with Crippen LogP contribution in [-0.2, 0) is 0 Å². The summed E-state index contributed by atoms with van der Waals surface area (Å²) in [7, 11) is 2.23. The summed E-state index contributed by atoms with van der Waals surface area (Å²) in [5.41, 5.74) is -0.147. The SMILES string of the molecule is CN(CCCCC(C)(C)C#N)CC1CCCNC1. The highest BCUT2D eigenvalue weighted by molar-refractivity contribution is 4.91. The van der Waals surface area contributed by atoms with Crippen LogP contribution in [0.2, 0.25) is 0 Å². The number of piperidine rings is 1. The quantitative estimate of drug-likeness (QED) is 0.707. The summed E-state index contributed by atoms with van der Waals surface area (Å²) in [6.07, 6.45) is 6.09. The monoisotopic (exact) mass is 251 g/mol. The van der Waals surface area contributed by atoms with Crippen LogP contribution in [0.3, 0.4) is 0 Å². The van der Waals surface area contributed by atoms with Gasteiger partial charge in [0, 0.05) is 6.54 Å². The minimum Gasteiger partial charge on any atom is -0.316 e. The Hall–Kier alpha value is -0.590. The van der Waals surface area contributed by atoms with E-state index in [1.165, 1.54) is 38.9 Å². The number of hydrogen-bond donors (Lipinski definition) is 1. The van der Waals surface area contributed by atoms with Crippen molar-refractivity contribution in [2.24, 2.45) is 11.3 Å². The molecule has 3 nitrogen and oxygen atoms in total. The lowest BCUT2D eigenvalue weighted by atomic mass is 9.89. The summed E-state index contributed by atoms with van der Waals surface area (Å²) in [6.45, 7) is 8.83. The molecule has 3 heteroatoms. The van der Waals surface area contributed by atoms with Gasteiger partial charge in [-0.05, 0) is 72.1 Å². The molecule has 1 atom stereocenters. The molecule has 104 valence electrons. The summed E-state index contributed by atoms with van der Waals surface area (Å²) >= 11 is 0. The minimum absolute atomic E-state index is 0.147. The first kappa shape index (κ1) is 15.5. The van der Waals surface area contributed by atoms with Crippen LogP contribution in [-0.4, -0.2) is 38.1 Å². The van der Waals surface area contributed by atoms with Gasteiger partial charge in [-0.3, -0.25) is 0 Å². The fraction of sp³-hybridized carbons (Fsp3) is 0.933. The molecule has 0 radical (unpaired) electrons. The van der Waals surface area contributed by atoms with Crippen LogP contribution in [0.5, 0.6) is 0 Å². The molecule has 1 N–H and O–H groups in total. The van der Waals surface area contributed by atoms with E-state index in [1.54, 1.807) is 0 Å². The summed E-state index contributed by atoms with van der Waals surface area (Å²) < 4.78 is 0. The van der Waals surface area contributed by atoms with Crippen LogP contribution in [0.1, 0.15) is 46.0 Å². The maximum absolute atomic E-state index is 8.95. The van der Waals surface area contributed by atoms with Gasteiger partial charge in [0.15, 0.2) is 0 Å². The summed E-state index contributed by atoms with van der Waals surface area (Å²) in [6, 6.07) is 2.37. The lowest BCUT2D eigenvalue weighted by Crippen LogP contribution is -2.37. The number of rotatable bonds is 7. The smallest absolute Gasteiger partial charge is 0.0683 e. The van der Waals surface area contributed by atoms with Crippen LogP contribution in [0.4, 0.5) is 0 Å². The van der Waals surface area contributed by atoms with E-state index in [-0.39, 0.29) is 5.41 Å². The fourth-order valence-corrected chi connectivity index (χ4v) is 2.62. The molecule has 1 saturated heterocycles. The van der Waals surface area contributed by atoms with Gasteiger partial charge in [-0.25, -0.2) is 0 Å². The number of nitriles is 1. The van der Waals surface area contributed by atoms with Crippen LogP contribution >= 0.6 is 0 Å². The number of unbranched alkanes of at least 4 members (excludes halogenated alkanes) is 1. The first-order valence-corrected chi connectivity index (χ1v) is 7.34. The van der Waals surface area contributed by atoms with E-state index in [9.17, 15) is 0 Å². The van der Waals surface area contributed by atoms with Crippen molar-refractivity contribution in [2.45, 2.75) is 46.0 Å². The van der Waals surface area contributed by atoms with Gasteiger partial charge in [0.25, 0.3) is 0 Å². The van der Waals surface area contributed by atoms with E-state index in [4.69, 9.17) is 5.26 Å². The summed E-state index contributed by atoms with van der Waals surface area (Å²) in [5, 5.41) is 12.4. The van der Waals surface area contributed by atoms with Crippen molar-refractivity contribution in [3.05, 3.63) is 0 Å². The highest BCUT2D eigenvalue weighted by Crippen LogP contribution is 2.21. The van der Waals surface area contributed by atoms with Crippen molar-refractivity contribution >= 4 is 0 Å². The van der Waals surface area contributed by atoms with Crippen LogP contribution < -0.4 is 5.32 Å². The zero-order valence-electron chi connectivity index (χ0n) is 12.3. The fourth-order valence-electron chi connectivity index (χ4n) is 2.62. The molecule has 0 aromatic carbocycles. The first-order valence-electron chi connectivity index (χ1n) is 7.34. The molecular weight excluding hydrogens is 222 g/mol. The molecule has 1 rings (SSSR count). The van der Waals surface area contributed by atoms with Crippen molar-refractivity contribution in [3.8, 4) is 6.07 Å². The molecular formula is C15H29N3. The van der Waals surface area contributed by atoms with Gasteiger partial charge in [0.2, 0.25) is 0 Å². The highest BCUT2D eigenvalue weighted by Gasteiger charge is 2.17. The third kappa shape index (κ3) is 6.37. The van der Waals surface area contributed by atoms with Gasteiger partial charge in [-0.15, -0.1) is 0 Å². The van der Waals surface area contributed by atoms with Gasteiger partial charge in [0.05, 0.1) is 11.5 Å². The number of nitrogens with zero attached hydrogens (tertiary/aromatic N) is 2. The van der Waals surface area contributed by atoms with Gasteiger partial charge in [-0.1, -0.05) is 6.42 Å². The first-order chi connectivity index (χ1) is 8.53. The Morgan fingerprint density at radius 3 is 2.78 bits per heavy atom. The molecule has 18 heavy (non-hydrogen) atoms. The predicted octanol–water partition coefficient (Wildman–Crippen LogP) is 2.64. The van der Waals surface area contributed by atoms with E-state index >= 15 is 0 Å². The van der Waals surface area contributed by atoms with Gasteiger partial charge < -0.3 is 10.2 Å². The zero-order chi connectivity index (χ0) is 13.4. The molecule has 0 amide bonds. The normalized spacial score (nSPS) is 20.9. The Morgan fingerprint density at radius 1 is 1.39 bits per heavy atom. The van der Waals surface area contributed by atoms with Crippen LogP contribution in [0, 0.1) is 22.7 Å². The van der Waals surface area contributed by atoms with Crippen molar-refractivity contribution < 1.29 is 0 Å². The average Bonchev–Trinajstić information content (AvgIpc) is 2.36. The molecule has 1 aliphatic heterocycles. The van der Waals surface area contributed by atoms with E-state index in [1.807, 2.05) is 13.8 Å². The second-order valence-corrected chi connectivity index (χ2v) is 6.43. The Morgan fingerprint density at radius 2 is 2.17 bits per heavy atom. The molecule has 1 aliphatic rings. The third-order valence-corrected chi connectivity index (χ3v) is 3.86. The Kier molecular flexibility index (Phi) is 6.67. The van der Waals surface area contributed by atoms with E-state index in [0.717, 1.165) is 25.3 Å². The number of hydrogen-bond acceptors (Lipinski definition) is 3. The molecule has 1 unspecified atom stereocenters. The third-order valence-electron chi connectivity index (χ3n) is 3.86. The van der Waals surface area contributed by atoms with E-state index < -0.39 is 0 Å². The van der Waals surface area contributed by atoms with E-state index in [2.05, 4.69) is 23.3 Å². The molecule has 0 aliphatic carbocycles. The van der Waals surface area contributed by atoms with Crippen LogP contribution in [0.15, 0.2) is 0 Å². The molecule has 0 bridgehead atoms.